The molecule has 23 heavy (non-hydrogen) atoms. The Hall–Kier alpha value is -2.05. The molecule has 0 bridgehead atoms. The lowest BCUT2D eigenvalue weighted by Crippen LogP contribution is -2.40. The molecule has 1 unspecified atom stereocenters. The first kappa shape index (κ1) is 17.3. The van der Waals surface area contributed by atoms with E-state index in [0.717, 1.165) is 4.31 Å². The number of hydrogen-bond acceptors (Lipinski definition) is 3. The van der Waals surface area contributed by atoms with Crippen LogP contribution in [0.2, 0.25) is 5.02 Å². The maximum atomic E-state index is 12.9. The van der Waals surface area contributed by atoms with Gasteiger partial charge in [-0.25, -0.2) is 8.42 Å². The molecule has 0 heterocycles. The van der Waals surface area contributed by atoms with Crippen molar-refractivity contribution in [2.45, 2.75) is 24.3 Å². The van der Waals surface area contributed by atoms with Crippen molar-refractivity contribution in [3.63, 3.8) is 0 Å². The van der Waals surface area contributed by atoms with E-state index in [2.05, 4.69) is 0 Å². The molecule has 2 aromatic rings. The van der Waals surface area contributed by atoms with Crippen LogP contribution in [0.25, 0.3) is 0 Å². The minimum Gasteiger partial charge on any atom is -0.481 e. The number of carboxylic acid groups (broad SMARTS) is 1. The molecule has 0 aliphatic heterocycles. The van der Waals surface area contributed by atoms with Crippen LogP contribution in [0.4, 0.5) is 5.69 Å². The van der Waals surface area contributed by atoms with Gasteiger partial charge in [0.05, 0.1) is 23.0 Å². The number of halogens is 1. The molecular formula is C16H16ClNO4S. The van der Waals surface area contributed by atoms with Crippen LogP contribution in [0.5, 0.6) is 0 Å². The van der Waals surface area contributed by atoms with Gasteiger partial charge in [0.1, 0.15) is 0 Å². The third-order valence-corrected chi connectivity index (χ3v) is 5.46. The van der Waals surface area contributed by atoms with Crippen molar-refractivity contribution in [2.24, 2.45) is 0 Å². The normalized spacial score (nSPS) is 12.6. The first-order chi connectivity index (χ1) is 10.8. The molecular weight excluding hydrogens is 338 g/mol. The van der Waals surface area contributed by atoms with Gasteiger partial charge in [-0.3, -0.25) is 9.10 Å². The van der Waals surface area contributed by atoms with Gasteiger partial charge in [-0.05, 0) is 43.3 Å². The van der Waals surface area contributed by atoms with Gasteiger partial charge < -0.3 is 5.11 Å². The average Bonchev–Trinajstić information content (AvgIpc) is 2.49. The van der Waals surface area contributed by atoms with Crippen molar-refractivity contribution >= 4 is 33.3 Å². The van der Waals surface area contributed by atoms with Crippen LogP contribution in [-0.2, 0) is 14.8 Å². The average molecular weight is 354 g/mol. The molecule has 0 aliphatic rings. The van der Waals surface area contributed by atoms with Gasteiger partial charge in [0, 0.05) is 5.02 Å². The largest absolute Gasteiger partial charge is 0.481 e. The summed E-state index contributed by atoms with van der Waals surface area (Å²) in [4.78, 5) is 11.1. The molecule has 122 valence electrons. The molecule has 0 saturated carbocycles. The summed E-state index contributed by atoms with van der Waals surface area (Å²) in [6, 6.07) is 13.4. The minimum atomic E-state index is -3.88. The van der Waals surface area contributed by atoms with E-state index < -0.39 is 22.0 Å². The molecule has 0 spiro atoms. The molecule has 7 heteroatoms. The van der Waals surface area contributed by atoms with Crippen molar-refractivity contribution in [2.75, 3.05) is 4.31 Å². The SMILES string of the molecule is CC(CC(=O)O)N(c1ccc(Cl)cc1)S(=O)(=O)c1ccccc1. The number of hydrogen-bond donors (Lipinski definition) is 1. The maximum Gasteiger partial charge on any atom is 0.305 e. The minimum absolute atomic E-state index is 0.104. The van der Waals surface area contributed by atoms with Gasteiger partial charge in [-0.15, -0.1) is 0 Å². The van der Waals surface area contributed by atoms with Crippen LogP contribution in [0, 0.1) is 0 Å². The lowest BCUT2D eigenvalue weighted by atomic mass is 10.2. The van der Waals surface area contributed by atoms with E-state index in [1.54, 1.807) is 49.4 Å². The molecule has 0 aromatic heterocycles. The van der Waals surface area contributed by atoms with Crippen LogP contribution >= 0.6 is 11.6 Å². The third-order valence-electron chi connectivity index (χ3n) is 3.25. The third kappa shape index (κ3) is 4.03. The Kier molecular flexibility index (Phi) is 5.28. The molecule has 0 fully saturated rings. The fourth-order valence-corrected chi connectivity index (χ4v) is 4.06. The predicted molar refractivity (Wildman–Crippen MR) is 89.3 cm³/mol. The van der Waals surface area contributed by atoms with Gasteiger partial charge >= 0.3 is 5.97 Å². The molecule has 1 atom stereocenters. The number of benzene rings is 2. The Labute approximate surface area is 140 Å². The Morgan fingerprint density at radius 1 is 1.13 bits per heavy atom. The van der Waals surface area contributed by atoms with Gasteiger partial charge in [0.2, 0.25) is 0 Å². The molecule has 5 nitrogen and oxygen atoms in total. The van der Waals surface area contributed by atoms with Crippen molar-refractivity contribution in [1.82, 2.24) is 0 Å². The highest BCUT2D eigenvalue weighted by molar-refractivity contribution is 7.92. The molecule has 0 radical (unpaired) electrons. The monoisotopic (exact) mass is 353 g/mol. The summed E-state index contributed by atoms with van der Waals surface area (Å²) in [7, 11) is -3.88. The zero-order valence-corrected chi connectivity index (χ0v) is 14.0. The lowest BCUT2D eigenvalue weighted by Gasteiger charge is -2.29. The number of rotatable bonds is 6. The maximum absolute atomic E-state index is 12.9. The molecule has 0 saturated heterocycles. The van der Waals surface area contributed by atoms with Crippen LogP contribution in [-0.4, -0.2) is 25.5 Å². The summed E-state index contributed by atoms with van der Waals surface area (Å²) in [5.41, 5.74) is 0.368. The second kappa shape index (κ2) is 7.02. The van der Waals surface area contributed by atoms with Crippen molar-refractivity contribution < 1.29 is 18.3 Å². The number of nitrogens with zero attached hydrogens (tertiary/aromatic N) is 1. The van der Waals surface area contributed by atoms with E-state index in [-0.39, 0.29) is 11.3 Å². The van der Waals surface area contributed by atoms with E-state index in [0.29, 0.717) is 10.7 Å². The predicted octanol–water partition coefficient (Wildman–Crippen LogP) is 3.40. The van der Waals surface area contributed by atoms with Gasteiger partial charge in [0.25, 0.3) is 10.0 Å². The Balaban J connectivity index is 2.53. The number of aliphatic carboxylic acids is 1. The van der Waals surface area contributed by atoms with E-state index >= 15 is 0 Å². The zero-order chi connectivity index (χ0) is 17.0. The Morgan fingerprint density at radius 3 is 2.22 bits per heavy atom. The first-order valence-corrected chi connectivity index (χ1v) is 8.71. The number of sulfonamides is 1. The van der Waals surface area contributed by atoms with Crippen LogP contribution in [0.1, 0.15) is 13.3 Å². The molecule has 1 N–H and O–H groups in total. The molecule has 0 amide bonds. The summed E-state index contributed by atoms with van der Waals surface area (Å²) in [5, 5.41) is 9.49. The molecule has 2 aromatic carbocycles. The van der Waals surface area contributed by atoms with E-state index in [4.69, 9.17) is 16.7 Å². The second-order valence-electron chi connectivity index (χ2n) is 5.04. The topological polar surface area (TPSA) is 74.7 Å². The Bertz CT molecular complexity index is 775. The summed E-state index contributed by atoms with van der Waals surface area (Å²) < 4.78 is 27.0. The molecule has 0 aliphatic carbocycles. The highest BCUT2D eigenvalue weighted by Crippen LogP contribution is 2.28. The van der Waals surface area contributed by atoms with Crippen LogP contribution < -0.4 is 4.31 Å². The summed E-state index contributed by atoms with van der Waals surface area (Å²) in [6.07, 6.45) is -0.311. The molecule has 2 rings (SSSR count). The van der Waals surface area contributed by atoms with Crippen molar-refractivity contribution in [1.29, 1.82) is 0 Å². The lowest BCUT2D eigenvalue weighted by molar-refractivity contribution is -0.137. The number of carboxylic acids is 1. The van der Waals surface area contributed by atoms with Gasteiger partial charge in [0.15, 0.2) is 0 Å². The fraction of sp³-hybridized carbons (Fsp3) is 0.188. The smallest absolute Gasteiger partial charge is 0.305 e. The second-order valence-corrected chi connectivity index (χ2v) is 7.29. The number of anilines is 1. The standard InChI is InChI=1S/C16H16ClNO4S/c1-12(11-16(19)20)18(14-9-7-13(17)8-10-14)23(21,22)15-5-3-2-4-6-15/h2-10,12H,11H2,1H3,(H,19,20). The summed E-state index contributed by atoms with van der Waals surface area (Å²) in [6.45, 7) is 1.56. The zero-order valence-electron chi connectivity index (χ0n) is 12.4. The quantitative estimate of drug-likeness (QED) is 0.863. The van der Waals surface area contributed by atoms with Crippen molar-refractivity contribution in [3.8, 4) is 0 Å². The van der Waals surface area contributed by atoms with E-state index in [9.17, 15) is 13.2 Å². The van der Waals surface area contributed by atoms with Crippen LogP contribution in [0.15, 0.2) is 59.5 Å². The fourth-order valence-electron chi connectivity index (χ4n) is 2.26. The van der Waals surface area contributed by atoms with Crippen molar-refractivity contribution in [3.05, 3.63) is 59.6 Å². The highest BCUT2D eigenvalue weighted by Gasteiger charge is 2.30. The van der Waals surface area contributed by atoms with Gasteiger partial charge in [-0.1, -0.05) is 29.8 Å². The van der Waals surface area contributed by atoms with Gasteiger partial charge in [-0.2, -0.15) is 0 Å². The highest BCUT2D eigenvalue weighted by atomic mass is 35.5. The van der Waals surface area contributed by atoms with E-state index in [1.165, 1.54) is 12.1 Å². The van der Waals surface area contributed by atoms with E-state index in [1.807, 2.05) is 0 Å². The summed E-state index contributed by atoms with van der Waals surface area (Å²) in [5.74, 6) is -1.07. The Morgan fingerprint density at radius 2 is 1.70 bits per heavy atom. The number of carbonyl (C=O) groups is 1. The first-order valence-electron chi connectivity index (χ1n) is 6.89. The summed E-state index contributed by atoms with van der Waals surface area (Å²) >= 11 is 5.85. The van der Waals surface area contributed by atoms with Crippen LogP contribution in [0.3, 0.4) is 0 Å².